The number of phenolic OH excluding ortho intramolecular Hbond substituents is 1. The third-order valence-electron chi connectivity index (χ3n) is 4.63. The van der Waals surface area contributed by atoms with E-state index in [1.807, 2.05) is 30.3 Å². The Morgan fingerprint density at radius 3 is 2.70 bits per heavy atom. The number of rotatable bonds is 7. The van der Waals surface area contributed by atoms with Crippen molar-refractivity contribution in [1.82, 2.24) is 4.90 Å². The van der Waals surface area contributed by atoms with Crippen LogP contribution in [0.4, 0.5) is 11.4 Å². The van der Waals surface area contributed by atoms with Crippen LogP contribution in [0.5, 0.6) is 11.5 Å². The third-order valence-corrected chi connectivity index (χ3v) is 5.64. The van der Waals surface area contributed by atoms with Gasteiger partial charge in [-0.15, -0.1) is 0 Å². The van der Waals surface area contributed by atoms with Crippen molar-refractivity contribution in [3.8, 4) is 11.5 Å². The smallest absolute Gasteiger partial charge is 0.315 e. The highest BCUT2D eigenvalue weighted by Gasteiger charge is 2.34. The molecule has 1 amide bonds. The molecule has 0 radical (unpaired) electrons. The van der Waals surface area contributed by atoms with Crippen molar-refractivity contribution in [2.45, 2.75) is 13.5 Å². The monoisotopic (exact) mass is 465 g/mol. The van der Waals surface area contributed by atoms with E-state index in [-0.39, 0.29) is 24.8 Å². The second-order valence-corrected chi connectivity index (χ2v) is 7.90. The number of amidine groups is 1. The standard InChI is InChI=1S/C23H19N3O6S/c1-2-31-19-12-15(11-18(21(19)27)26(29)30)13-20-22(28)25(14-17-9-6-10-32-17)23(33-20)24-16-7-4-3-5-8-16/h3-13,27H,2,14H2,1H3/b20-13-,24-23?. The Bertz CT molecular complexity index is 1240. The van der Waals surface area contributed by atoms with E-state index in [0.29, 0.717) is 27.1 Å². The number of aliphatic imine (C=N–C) groups is 1. The van der Waals surface area contributed by atoms with Crippen molar-refractivity contribution in [2.75, 3.05) is 6.61 Å². The lowest BCUT2D eigenvalue weighted by Crippen LogP contribution is -2.28. The maximum Gasteiger partial charge on any atom is 0.315 e. The van der Waals surface area contributed by atoms with E-state index in [2.05, 4.69) is 4.99 Å². The molecule has 1 saturated heterocycles. The van der Waals surface area contributed by atoms with E-state index in [4.69, 9.17) is 9.15 Å². The Morgan fingerprint density at radius 2 is 2.03 bits per heavy atom. The maximum atomic E-state index is 13.2. The highest BCUT2D eigenvalue weighted by Crippen LogP contribution is 2.40. The predicted molar refractivity (Wildman–Crippen MR) is 124 cm³/mol. The molecule has 0 atom stereocenters. The number of carbonyl (C=O) groups excluding carboxylic acids is 1. The molecule has 1 N–H and O–H groups in total. The highest BCUT2D eigenvalue weighted by molar-refractivity contribution is 8.18. The molecule has 2 heterocycles. The van der Waals surface area contributed by atoms with Crippen LogP contribution in [-0.2, 0) is 11.3 Å². The van der Waals surface area contributed by atoms with E-state index >= 15 is 0 Å². The van der Waals surface area contributed by atoms with Crippen molar-refractivity contribution in [1.29, 1.82) is 0 Å². The summed E-state index contributed by atoms with van der Waals surface area (Å²) in [6.45, 7) is 2.09. The summed E-state index contributed by atoms with van der Waals surface area (Å²) in [6, 6.07) is 15.4. The van der Waals surface area contributed by atoms with Gasteiger partial charge in [0.05, 0.1) is 34.9 Å². The van der Waals surface area contributed by atoms with Gasteiger partial charge < -0.3 is 14.3 Å². The number of nitro groups is 1. The number of para-hydroxylation sites is 1. The molecule has 9 nitrogen and oxygen atoms in total. The van der Waals surface area contributed by atoms with Crippen LogP contribution in [0.2, 0.25) is 0 Å². The Morgan fingerprint density at radius 1 is 1.24 bits per heavy atom. The van der Waals surface area contributed by atoms with Gasteiger partial charge in [-0.05, 0) is 60.7 Å². The summed E-state index contributed by atoms with van der Waals surface area (Å²) in [5.74, 6) is -0.315. The van der Waals surface area contributed by atoms with E-state index in [1.165, 1.54) is 29.4 Å². The zero-order valence-corrected chi connectivity index (χ0v) is 18.3. The summed E-state index contributed by atoms with van der Waals surface area (Å²) in [4.78, 5) is 30.3. The lowest BCUT2D eigenvalue weighted by atomic mass is 10.1. The van der Waals surface area contributed by atoms with Crippen LogP contribution in [0.3, 0.4) is 0 Å². The SMILES string of the molecule is CCOc1cc(/C=C2\SC(=Nc3ccccc3)N(Cc3ccco3)C2=O)cc([N+](=O)[O-])c1O. The first-order chi connectivity index (χ1) is 16.0. The molecule has 0 bridgehead atoms. The number of furan rings is 1. The Hall–Kier alpha value is -4.05. The van der Waals surface area contributed by atoms with Gasteiger partial charge in [0.2, 0.25) is 5.75 Å². The molecule has 0 unspecified atom stereocenters. The molecule has 33 heavy (non-hydrogen) atoms. The van der Waals surface area contributed by atoms with E-state index in [9.17, 15) is 20.0 Å². The number of ether oxygens (including phenoxy) is 1. The van der Waals surface area contributed by atoms with Gasteiger partial charge in [0.1, 0.15) is 5.76 Å². The minimum Gasteiger partial charge on any atom is -0.500 e. The second kappa shape index (κ2) is 9.61. The van der Waals surface area contributed by atoms with Crippen molar-refractivity contribution < 1.29 is 24.0 Å². The molecule has 1 aliphatic rings. The van der Waals surface area contributed by atoms with E-state index in [1.54, 1.807) is 19.1 Å². The number of phenols is 1. The summed E-state index contributed by atoms with van der Waals surface area (Å²) < 4.78 is 10.7. The minimum absolute atomic E-state index is 0.0281. The lowest BCUT2D eigenvalue weighted by molar-refractivity contribution is -0.386. The number of thioether (sulfide) groups is 1. The molecule has 4 rings (SSSR count). The molecular weight excluding hydrogens is 446 g/mol. The molecule has 1 aromatic heterocycles. The van der Waals surface area contributed by atoms with Crippen LogP contribution in [-0.4, -0.2) is 32.6 Å². The topological polar surface area (TPSA) is 118 Å². The average molecular weight is 465 g/mol. The zero-order valence-electron chi connectivity index (χ0n) is 17.5. The van der Waals surface area contributed by atoms with Gasteiger partial charge >= 0.3 is 5.69 Å². The number of hydrogen-bond donors (Lipinski definition) is 1. The van der Waals surface area contributed by atoms with Crippen molar-refractivity contribution >= 4 is 40.3 Å². The fourth-order valence-corrected chi connectivity index (χ4v) is 4.15. The van der Waals surface area contributed by atoms with Gasteiger partial charge in [-0.25, -0.2) is 4.99 Å². The largest absolute Gasteiger partial charge is 0.500 e. The van der Waals surface area contributed by atoms with Crippen molar-refractivity contribution in [3.05, 3.63) is 87.2 Å². The van der Waals surface area contributed by atoms with Crippen LogP contribution in [0.25, 0.3) is 6.08 Å². The molecule has 168 valence electrons. The quantitative estimate of drug-likeness (QED) is 0.293. The summed E-state index contributed by atoms with van der Waals surface area (Å²) in [5.41, 5.74) is 0.518. The molecule has 1 fully saturated rings. The molecular formula is C23H19N3O6S. The Kier molecular flexibility index (Phi) is 6.45. The first kappa shape index (κ1) is 22.2. The van der Waals surface area contributed by atoms with Crippen molar-refractivity contribution in [3.63, 3.8) is 0 Å². The molecule has 10 heteroatoms. The Labute approximate surface area is 193 Å². The number of nitro benzene ring substituents is 1. The van der Waals surface area contributed by atoms with Gasteiger partial charge in [-0.3, -0.25) is 19.8 Å². The number of benzene rings is 2. The molecule has 0 saturated carbocycles. The number of amides is 1. The number of carbonyl (C=O) groups is 1. The van der Waals surface area contributed by atoms with Crippen LogP contribution < -0.4 is 4.74 Å². The van der Waals surface area contributed by atoms with Gasteiger partial charge in [-0.1, -0.05) is 18.2 Å². The summed E-state index contributed by atoms with van der Waals surface area (Å²) in [7, 11) is 0. The molecule has 0 spiro atoms. The van der Waals surface area contributed by atoms with Crippen LogP contribution in [0.1, 0.15) is 18.2 Å². The number of nitrogens with zero attached hydrogens (tertiary/aromatic N) is 3. The number of aromatic hydroxyl groups is 1. The fourth-order valence-electron chi connectivity index (χ4n) is 3.16. The first-order valence-electron chi connectivity index (χ1n) is 9.98. The Balaban J connectivity index is 1.74. The molecule has 3 aromatic rings. The number of hydrogen-bond acceptors (Lipinski definition) is 8. The second-order valence-electron chi connectivity index (χ2n) is 6.89. The summed E-state index contributed by atoms with van der Waals surface area (Å²) >= 11 is 1.15. The first-order valence-corrected chi connectivity index (χ1v) is 10.8. The van der Waals surface area contributed by atoms with Crippen LogP contribution in [0, 0.1) is 10.1 Å². The molecule has 2 aromatic carbocycles. The van der Waals surface area contributed by atoms with Gasteiger partial charge in [0.15, 0.2) is 10.9 Å². The van der Waals surface area contributed by atoms with E-state index < -0.39 is 16.4 Å². The van der Waals surface area contributed by atoms with Gasteiger partial charge in [-0.2, -0.15) is 0 Å². The summed E-state index contributed by atoms with van der Waals surface area (Å²) in [5, 5.41) is 21.9. The minimum atomic E-state index is -0.699. The van der Waals surface area contributed by atoms with Gasteiger partial charge in [0, 0.05) is 6.07 Å². The van der Waals surface area contributed by atoms with E-state index in [0.717, 1.165) is 11.8 Å². The van der Waals surface area contributed by atoms with Crippen LogP contribution >= 0.6 is 11.8 Å². The fraction of sp³-hybridized carbons (Fsp3) is 0.130. The predicted octanol–water partition coefficient (Wildman–Crippen LogP) is 5.10. The van der Waals surface area contributed by atoms with Crippen LogP contribution in [0.15, 0.2) is 75.2 Å². The zero-order chi connectivity index (χ0) is 23.4. The normalized spacial score (nSPS) is 16.0. The van der Waals surface area contributed by atoms with Gasteiger partial charge in [0.25, 0.3) is 5.91 Å². The summed E-state index contributed by atoms with van der Waals surface area (Å²) in [6.07, 6.45) is 3.04. The van der Waals surface area contributed by atoms with Crippen molar-refractivity contribution in [2.24, 2.45) is 4.99 Å². The molecule has 1 aliphatic heterocycles. The maximum absolute atomic E-state index is 13.2. The average Bonchev–Trinajstić information content (AvgIpc) is 3.41. The highest BCUT2D eigenvalue weighted by atomic mass is 32.2. The third kappa shape index (κ3) is 4.90. The lowest BCUT2D eigenvalue weighted by Gasteiger charge is -2.13. The molecule has 0 aliphatic carbocycles.